The molecule has 0 radical (unpaired) electrons. The standard InChI is InChI=1S/C24H23ClN4O2/c1-14-7-8-18(29-11-9-28(2)10-12-29)20(22(14)25)21-19(23(30)27-24(21)31)16-13-26-17-6-4-3-5-15(16)17/h3-8,13,26H,9-12H2,1-2H3,(H,27,30,31). The molecule has 2 amide bonds. The fraction of sp³-hybridized carbons (Fsp3) is 0.250. The fourth-order valence-electron chi connectivity index (χ4n) is 4.45. The zero-order valence-electron chi connectivity index (χ0n) is 17.5. The monoisotopic (exact) mass is 434 g/mol. The molecule has 6 nitrogen and oxygen atoms in total. The van der Waals surface area contributed by atoms with Crippen LogP contribution in [0.5, 0.6) is 0 Å². The second kappa shape index (κ2) is 7.55. The van der Waals surface area contributed by atoms with Gasteiger partial charge in [-0.05, 0) is 31.7 Å². The highest BCUT2D eigenvalue weighted by Crippen LogP contribution is 2.42. The third-order valence-electron chi connectivity index (χ3n) is 6.20. The van der Waals surface area contributed by atoms with Crippen molar-refractivity contribution in [2.75, 3.05) is 38.1 Å². The highest BCUT2D eigenvalue weighted by molar-refractivity contribution is 6.52. The van der Waals surface area contributed by atoms with Crippen molar-refractivity contribution in [2.24, 2.45) is 0 Å². The number of halogens is 1. The average Bonchev–Trinajstić information content (AvgIpc) is 3.30. The number of fused-ring (bicyclic) bond motifs is 1. The maximum Gasteiger partial charge on any atom is 0.259 e. The highest BCUT2D eigenvalue weighted by atomic mass is 35.5. The number of amides is 2. The molecule has 0 saturated carbocycles. The molecule has 2 aromatic carbocycles. The summed E-state index contributed by atoms with van der Waals surface area (Å²) in [6, 6.07) is 11.7. The van der Waals surface area contributed by atoms with Crippen LogP contribution in [0.3, 0.4) is 0 Å². The van der Waals surface area contributed by atoms with Gasteiger partial charge in [0.05, 0.1) is 16.2 Å². The number of piperazine rings is 1. The van der Waals surface area contributed by atoms with Crippen LogP contribution in [-0.4, -0.2) is 54.9 Å². The van der Waals surface area contributed by atoms with Crippen molar-refractivity contribution < 1.29 is 9.59 Å². The van der Waals surface area contributed by atoms with Gasteiger partial charge in [-0.1, -0.05) is 35.9 Å². The summed E-state index contributed by atoms with van der Waals surface area (Å²) >= 11 is 6.81. The third-order valence-corrected chi connectivity index (χ3v) is 6.68. The lowest BCUT2D eigenvalue weighted by atomic mass is 9.93. The second-order valence-electron chi connectivity index (χ2n) is 8.16. The van der Waals surface area contributed by atoms with E-state index in [-0.39, 0.29) is 0 Å². The second-order valence-corrected chi connectivity index (χ2v) is 8.54. The van der Waals surface area contributed by atoms with Crippen LogP contribution in [0, 0.1) is 6.92 Å². The van der Waals surface area contributed by atoms with E-state index in [1.807, 2.05) is 43.3 Å². The predicted octanol–water partition coefficient (Wildman–Crippen LogP) is 3.45. The number of imide groups is 1. The van der Waals surface area contributed by atoms with Crippen molar-refractivity contribution >= 4 is 51.2 Å². The number of carbonyl (C=O) groups is 2. The molecular formula is C24H23ClN4O2. The lowest BCUT2D eigenvalue weighted by Gasteiger charge is -2.35. The fourth-order valence-corrected chi connectivity index (χ4v) is 4.70. The molecule has 0 atom stereocenters. The number of benzene rings is 2. The van der Waals surface area contributed by atoms with Gasteiger partial charge >= 0.3 is 0 Å². The van der Waals surface area contributed by atoms with Gasteiger partial charge in [0.15, 0.2) is 0 Å². The first-order chi connectivity index (χ1) is 15.0. The first-order valence-electron chi connectivity index (χ1n) is 10.3. The Bertz CT molecular complexity index is 1250. The Morgan fingerprint density at radius 1 is 0.935 bits per heavy atom. The van der Waals surface area contributed by atoms with E-state index in [1.54, 1.807) is 6.20 Å². The maximum absolute atomic E-state index is 13.1. The van der Waals surface area contributed by atoms with Crippen LogP contribution in [0.15, 0.2) is 42.6 Å². The van der Waals surface area contributed by atoms with Gasteiger partial charge in [0.25, 0.3) is 11.8 Å². The van der Waals surface area contributed by atoms with E-state index >= 15 is 0 Å². The average molecular weight is 435 g/mol. The molecule has 31 heavy (non-hydrogen) atoms. The zero-order chi connectivity index (χ0) is 21.7. The minimum absolute atomic E-state index is 0.345. The number of H-pyrrole nitrogens is 1. The van der Waals surface area contributed by atoms with E-state index in [9.17, 15) is 9.59 Å². The number of nitrogens with one attached hydrogen (secondary N) is 2. The molecule has 3 heterocycles. The maximum atomic E-state index is 13.1. The van der Waals surface area contributed by atoms with Gasteiger partial charge < -0.3 is 14.8 Å². The highest BCUT2D eigenvalue weighted by Gasteiger charge is 2.36. The van der Waals surface area contributed by atoms with Crippen LogP contribution in [-0.2, 0) is 9.59 Å². The molecule has 2 aliphatic rings. The summed E-state index contributed by atoms with van der Waals surface area (Å²) in [6.07, 6.45) is 1.79. The third kappa shape index (κ3) is 3.23. The molecule has 7 heteroatoms. The number of likely N-dealkylation sites (N-methyl/N-ethyl adjacent to an activating group) is 1. The van der Waals surface area contributed by atoms with Gasteiger partial charge in [0.1, 0.15) is 0 Å². The molecule has 0 bridgehead atoms. The number of hydrogen-bond acceptors (Lipinski definition) is 4. The Hall–Kier alpha value is -3.09. The number of anilines is 1. The predicted molar refractivity (Wildman–Crippen MR) is 124 cm³/mol. The molecule has 0 aliphatic carbocycles. The van der Waals surface area contributed by atoms with Crippen molar-refractivity contribution in [1.29, 1.82) is 0 Å². The molecule has 1 aromatic heterocycles. The minimum Gasteiger partial charge on any atom is -0.368 e. The van der Waals surface area contributed by atoms with Crippen molar-refractivity contribution in [3.63, 3.8) is 0 Å². The summed E-state index contributed by atoms with van der Waals surface area (Å²) in [6.45, 7) is 5.41. The Morgan fingerprint density at radius 3 is 2.42 bits per heavy atom. The summed E-state index contributed by atoms with van der Waals surface area (Å²) < 4.78 is 0. The molecule has 158 valence electrons. The van der Waals surface area contributed by atoms with Crippen molar-refractivity contribution in [2.45, 2.75) is 6.92 Å². The van der Waals surface area contributed by atoms with Gasteiger partial charge in [-0.2, -0.15) is 0 Å². The Labute approximate surface area is 185 Å². The number of aryl methyl sites for hydroxylation is 1. The van der Waals surface area contributed by atoms with Gasteiger partial charge in [0.2, 0.25) is 0 Å². The number of aromatic nitrogens is 1. The van der Waals surface area contributed by atoms with Crippen molar-refractivity contribution in [3.05, 3.63) is 64.3 Å². The van der Waals surface area contributed by atoms with Crippen molar-refractivity contribution in [1.82, 2.24) is 15.2 Å². The number of nitrogens with zero attached hydrogens (tertiary/aromatic N) is 2. The van der Waals surface area contributed by atoms with E-state index in [0.29, 0.717) is 27.3 Å². The Balaban J connectivity index is 1.76. The number of carbonyl (C=O) groups excluding carboxylic acids is 2. The molecule has 2 aliphatic heterocycles. The minimum atomic E-state index is -0.409. The van der Waals surface area contributed by atoms with Gasteiger partial charge in [-0.25, -0.2) is 0 Å². The van der Waals surface area contributed by atoms with E-state index in [4.69, 9.17) is 11.6 Å². The summed E-state index contributed by atoms with van der Waals surface area (Å²) in [5.74, 6) is -0.806. The van der Waals surface area contributed by atoms with Crippen LogP contribution in [0.4, 0.5) is 5.69 Å². The molecule has 3 aromatic rings. The smallest absolute Gasteiger partial charge is 0.259 e. The quantitative estimate of drug-likeness (QED) is 0.619. The van der Waals surface area contributed by atoms with E-state index < -0.39 is 11.8 Å². The number of para-hydroxylation sites is 1. The summed E-state index contributed by atoms with van der Waals surface area (Å²) in [5, 5.41) is 3.90. The molecule has 2 N–H and O–H groups in total. The van der Waals surface area contributed by atoms with Gasteiger partial charge in [-0.15, -0.1) is 0 Å². The zero-order valence-corrected chi connectivity index (χ0v) is 18.2. The first-order valence-corrected chi connectivity index (χ1v) is 10.7. The first kappa shape index (κ1) is 19.8. The number of hydrogen-bond donors (Lipinski definition) is 2. The van der Waals surface area contributed by atoms with Crippen molar-refractivity contribution in [3.8, 4) is 0 Å². The Morgan fingerprint density at radius 2 is 1.65 bits per heavy atom. The Kier molecular flexibility index (Phi) is 4.84. The lowest BCUT2D eigenvalue weighted by Crippen LogP contribution is -2.44. The summed E-state index contributed by atoms with van der Waals surface area (Å²) in [7, 11) is 2.10. The van der Waals surface area contributed by atoms with Gasteiger partial charge in [-0.3, -0.25) is 14.9 Å². The topological polar surface area (TPSA) is 68.4 Å². The lowest BCUT2D eigenvalue weighted by molar-refractivity contribution is -0.122. The summed E-state index contributed by atoms with van der Waals surface area (Å²) in [4.78, 5) is 33.8. The normalized spacial score (nSPS) is 17.7. The van der Waals surface area contributed by atoms with E-state index in [2.05, 4.69) is 27.1 Å². The van der Waals surface area contributed by atoms with Crippen LogP contribution in [0.2, 0.25) is 5.02 Å². The molecule has 5 rings (SSSR count). The van der Waals surface area contributed by atoms with Crippen LogP contribution in [0.25, 0.3) is 22.0 Å². The van der Waals surface area contributed by atoms with Crippen LogP contribution < -0.4 is 10.2 Å². The largest absolute Gasteiger partial charge is 0.368 e. The van der Waals surface area contributed by atoms with Gasteiger partial charge in [0, 0.05) is 60.1 Å². The van der Waals surface area contributed by atoms with Crippen LogP contribution >= 0.6 is 11.6 Å². The summed E-state index contributed by atoms with van der Waals surface area (Å²) in [5.41, 5.74) is 4.72. The van der Waals surface area contributed by atoms with Crippen LogP contribution in [0.1, 0.15) is 16.7 Å². The van der Waals surface area contributed by atoms with E-state index in [1.165, 1.54) is 0 Å². The molecule has 1 fully saturated rings. The SMILES string of the molecule is Cc1ccc(N2CCN(C)CC2)c(C2=C(c3c[nH]c4ccccc34)C(=O)NC2=O)c1Cl. The molecule has 1 saturated heterocycles. The van der Waals surface area contributed by atoms with E-state index in [0.717, 1.165) is 48.3 Å². The molecule has 0 spiro atoms. The number of aromatic amines is 1. The molecular weight excluding hydrogens is 412 g/mol. The number of rotatable bonds is 3. The molecule has 0 unspecified atom stereocenters.